The minimum atomic E-state index is 0.722. The van der Waals surface area contributed by atoms with Crippen molar-refractivity contribution in [3.05, 3.63) is 34.7 Å². The third kappa shape index (κ3) is 4.24. The van der Waals surface area contributed by atoms with Crippen LogP contribution in [0.25, 0.3) is 0 Å². The van der Waals surface area contributed by atoms with Gasteiger partial charge in [0.25, 0.3) is 0 Å². The molecule has 1 saturated heterocycles. The quantitative estimate of drug-likeness (QED) is 0.888. The minimum absolute atomic E-state index is 0.722. The molecule has 6 heteroatoms. The van der Waals surface area contributed by atoms with Gasteiger partial charge >= 0.3 is 0 Å². The molecule has 0 saturated carbocycles. The second kappa shape index (κ2) is 7.65. The van der Waals surface area contributed by atoms with Crippen LogP contribution in [0.15, 0.2) is 24.0 Å². The predicted molar refractivity (Wildman–Crippen MR) is 90.0 cm³/mol. The summed E-state index contributed by atoms with van der Waals surface area (Å²) in [6.45, 7) is 6.47. The van der Waals surface area contributed by atoms with Crippen molar-refractivity contribution in [1.29, 1.82) is 0 Å². The molecule has 22 heavy (non-hydrogen) atoms. The van der Waals surface area contributed by atoms with E-state index in [9.17, 15) is 0 Å². The molecule has 5 nitrogen and oxygen atoms in total. The van der Waals surface area contributed by atoms with E-state index in [0.717, 1.165) is 44.3 Å². The van der Waals surface area contributed by atoms with Crippen molar-refractivity contribution in [2.45, 2.75) is 32.7 Å². The average molecular weight is 317 g/mol. The summed E-state index contributed by atoms with van der Waals surface area (Å²) in [7, 11) is 0. The molecule has 0 spiro atoms. The van der Waals surface area contributed by atoms with Gasteiger partial charge in [0.05, 0.1) is 16.9 Å². The number of thiazole rings is 1. The molecule has 3 heterocycles. The maximum absolute atomic E-state index is 4.67. The number of likely N-dealkylation sites (tertiary alicyclic amines) is 1. The number of rotatable bonds is 6. The van der Waals surface area contributed by atoms with E-state index in [1.807, 2.05) is 0 Å². The van der Waals surface area contributed by atoms with Crippen LogP contribution in [0.5, 0.6) is 0 Å². The molecular weight excluding hydrogens is 294 g/mol. The highest BCUT2D eigenvalue weighted by Gasteiger charge is 2.19. The van der Waals surface area contributed by atoms with E-state index >= 15 is 0 Å². The summed E-state index contributed by atoms with van der Waals surface area (Å²) in [6, 6.07) is 0. The van der Waals surface area contributed by atoms with Crippen molar-refractivity contribution in [3.63, 3.8) is 0 Å². The Hall–Kier alpha value is -1.53. The van der Waals surface area contributed by atoms with Crippen LogP contribution in [0.1, 0.15) is 30.5 Å². The summed E-state index contributed by atoms with van der Waals surface area (Å²) in [6.07, 6.45) is 8.72. The number of anilines is 1. The lowest BCUT2D eigenvalue weighted by Crippen LogP contribution is -2.35. The van der Waals surface area contributed by atoms with E-state index < -0.39 is 0 Å². The summed E-state index contributed by atoms with van der Waals surface area (Å²) < 4.78 is 0. The minimum Gasteiger partial charge on any atom is -0.369 e. The van der Waals surface area contributed by atoms with Crippen LogP contribution in [0.4, 0.5) is 5.82 Å². The molecule has 0 bridgehead atoms. The fraction of sp³-hybridized carbons (Fsp3) is 0.562. The molecule has 1 aliphatic rings. The molecule has 2 aromatic heterocycles. The average Bonchev–Trinajstić information content (AvgIpc) is 3.03. The summed E-state index contributed by atoms with van der Waals surface area (Å²) in [4.78, 5) is 15.5. The van der Waals surface area contributed by atoms with E-state index in [2.05, 4.69) is 37.5 Å². The molecule has 0 unspecified atom stereocenters. The smallest absolute Gasteiger partial charge is 0.144 e. The van der Waals surface area contributed by atoms with Gasteiger partial charge in [0.15, 0.2) is 0 Å². The number of nitrogens with zero attached hydrogens (tertiary/aromatic N) is 4. The Morgan fingerprint density at radius 3 is 2.86 bits per heavy atom. The Morgan fingerprint density at radius 1 is 1.32 bits per heavy atom. The van der Waals surface area contributed by atoms with Crippen LogP contribution >= 0.6 is 11.3 Å². The lowest BCUT2D eigenvalue weighted by Gasteiger charge is -2.31. The summed E-state index contributed by atoms with van der Waals surface area (Å²) >= 11 is 1.78. The molecule has 1 N–H and O–H groups in total. The lowest BCUT2D eigenvalue weighted by molar-refractivity contribution is 0.181. The van der Waals surface area contributed by atoms with E-state index in [-0.39, 0.29) is 0 Å². The van der Waals surface area contributed by atoms with Crippen LogP contribution < -0.4 is 5.32 Å². The summed E-state index contributed by atoms with van der Waals surface area (Å²) in [5.41, 5.74) is 1.23. The second-order valence-corrected chi connectivity index (χ2v) is 6.72. The third-order valence-corrected chi connectivity index (χ3v) is 5.17. The highest BCUT2D eigenvalue weighted by Crippen LogP contribution is 2.20. The van der Waals surface area contributed by atoms with Gasteiger partial charge in [0.2, 0.25) is 0 Å². The fourth-order valence-corrected chi connectivity index (χ4v) is 3.54. The summed E-state index contributed by atoms with van der Waals surface area (Å²) in [5.74, 6) is 1.60. The largest absolute Gasteiger partial charge is 0.369 e. The predicted octanol–water partition coefficient (Wildman–Crippen LogP) is 2.82. The Labute approximate surface area is 135 Å². The zero-order chi connectivity index (χ0) is 15.2. The first-order valence-corrected chi connectivity index (χ1v) is 8.87. The van der Waals surface area contributed by atoms with Crippen LogP contribution in [-0.2, 0) is 13.0 Å². The zero-order valence-electron chi connectivity index (χ0n) is 13.0. The van der Waals surface area contributed by atoms with Gasteiger partial charge < -0.3 is 5.32 Å². The van der Waals surface area contributed by atoms with Crippen molar-refractivity contribution in [1.82, 2.24) is 19.9 Å². The maximum Gasteiger partial charge on any atom is 0.144 e. The summed E-state index contributed by atoms with van der Waals surface area (Å²) in [5, 5.41) is 6.84. The van der Waals surface area contributed by atoms with Gasteiger partial charge in [-0.2, -0.15) is 0 Å². The number of hydrogen-bond donors (Lipinski definition) is 1. The third-order valence-electron chi connectivity index (χ3n) is 4.13. The Kier molecular flexibility index (Phi) is 5.34. The number of hydrogen-bond acceptors (Lipinski definition) is 6. The first kappa shape index (κ1) is 15.4. The molecular formula is C16H23N5S. The highest BCUT2D eigenvalue weighted by atomic mass is 32.1. The monoisotopic (exact) mass is 317 g/mol. The second-order valence-electron chi connectivity index (χ2n) is 5.78. The fourth-order valence-electron chi connectivity index (χ4n) is 2.80. The number of aryl methyl sites for hydroxylation is 1. The van der Waals surface area contributed by atoms with Crippen molar-refractivity contribution in [2.24, 2.45) is 5.92 Å². The molecule has 2 aromatic rings. The van der Waals surface area contributed by atoms with E-state index in [0.29, 0.717) is 0 Å². The van der Waals surface area contributed by atoms with Gasteiger partial charge in [-0.15, -0.1) is 11.3 Å². The van der Waals surface area contributed by atoms with Crippen LogP contribution in [0.2, 0.25) is 0 Å². The van der Waals surface area contributed by atoms with Crippen molar-refractivity contribution in [2.75, 3.05) is 25.0 Å². The Morgan fingerprint density at radius 2 is 2.18 bits per heavy atom. The molecule has 0 amide bonds. The van der Waals surface area contributed by atoms with E-state index in [4.69, 9.17) is 0 Å². The van der Waals surface area contributed by atoms with Crippen molar-refractivity contribution >= 4 is 17.2 Å². The van der Waals surface area contributed by atoms with Gasteiger partial charge in [-0.1, -0.05) is 6.92 Å². The Bertz CT molecular complexity index is 563. The first-order chi connectivity index (χ1) is 10.8. The van der Waals surface area contributed by atoms with Gasteiger partial charge in [0.1, 0.15) is 5.82 Å². The van der Waals surface area contributed by atoms with E-state index in [1.54, 1.807) is 29.9 Å². The highest BCUT2D eigenvalue weighted by molar-refractivity contribution is 7.09. The van der Waals surface area contributed by atoms with Gasteiger partial charge in [-0.25, -0.2) is 9.97 Å². The van der Waals surface area contributed by atoms with Crippen molar-refractivity contribution in [3.8, 4) is 0 Å². The van der Waals surface area contributed by atoms with Crippen LogP contribution in [0, 0.1) is 5.92 Å². The molecule has 0 atom stereocenters. The Balaban J connectivity index is 1.40. The van der Waals surface area contributed by atoms with Gasteiger partial charge in [-0.3, -0.25) is 9.88 Å². The normalized spacial score (nSPS) is 16.8. The maximum atomic E-state index is 4.67. The molecule has 118 valence electrons. The topological polar surface area (TPSA) is 53.9 Å². The number of piperidine rings is 1. The SMILES string of the molecule is CCc1nc(CN2CCC(CNc3cnccn3)CC2)cs1. The van der Waals surface area contributed by atoms with Crippen LogP contribution in [-0.4, -0.2) is 39.5 Å². The van der Waals surface area contributed by atoms with Crippen LogP contribution in [0.3, 0.4) is 0 Å². The zero-order valence-corrected chi connectivity index (χ0v) is 13.9. The molecule has 0 radical (unpaired) electrons. The number of aromatic nitrogens is 3. The number of nitrogens with one attached hydrogen (secondary N) is 1. The standard InChI is InChI=1S/C16H23N5S/c1-2-16-20-14(12-22-16)11-21-7-3-13(4-8-21)9-19-15-10-17-5-6-18-15/h5-6,10,12-13H,2-4,7-9,11H2,1H3,(H,18,19). The molecule has 1 fully saturated rings. The van der Waals surface area contributed by atoms with Gasteiger partial charge in [-0.05, 0) is 38.3 Å². The van der Waals surface area contributed by atoms with Gasteiger partial charge in [0, 0.05) is 30.9 Å². The van der Waals surface area contributed by atoms with Crippen molar-refractivity contribution < 1.29 is 0 Å². The molecule has 0 aromatic carbocycles. The molecule has 3 rings (SSSR count). The molecule has 0 aliphatic carbocycles. The molecule has 1 aliphatic heterocycles. The first-order valence-electron chi connectivity index (χ1n) is 7.99. The van der Waals surface area contributed by atoms with E-state index in [1.165, 1.54) is 23.5 Å². The lowest BCUT2D eigenvalue weighted by atomic mass is 9.97.